The van der Waals surface area contributed by atoms with Crippen molar-refractivity contribution in [2.45, 2.75) is 148 Å². The lowest BCUT2D eigenvalue weighted by Gasteiger charge is -2.19. The normalized spacial score (nSPS) is 13.7. The highest BCUT2D eigenvalue weighted by Crippen LogP contribution is 2.11. The molecule has 0 aliphatic heterocycles. The van der Waals surface area contributed by atoms with Crippen molar-refractivity contribution in [2.24, 2.45) is 0 Å². The van der Waals surface area contributed by atoms with Crippen LogP contribution in [0, 0.1) is 0 Å². The first kappa shape index (κ1) is 31.9. The van der Waals surface area contributed by atoms with Crippen molar-refractivity contribution < 1.29 is 15.0 Å². The standard InChI is InChI=1S/C29H55NO3/c1-3-5-7-9-10-11-12-13-14-15-16-17-18-19-21-22-24-28(32)27(26-31)30-29(33)25-23-20-8-6-4-2/h17-18,22,24,27-28,31-32H,3-16,19-21,23,25-26H2,1-2H3,(H,30,33)/b18-17+,24-22+. The third-order valence-electron chi connectivity index (χ3n) is 6.19. The topological polar surface area (TPSA) is 69.6 Å². The molecule has 0 saturated carbocycles. The molecule has 4 nitrogen and oxygen atoms in total. The Morgan fingerprint density at radius 2 is 1.18 bits per heavy atom. The van der Waals surface area contributed by atoms with Gasteiger partial charge in [0, 0.05) is 6.42 Å². The molecule has 0 aromatic carbocycles. The van der Waals surface area contributed by atoms with Crippen molar-refractivity contribution >= 4 is 5.91 Å². The molecule has 0 aliphatic rings. The number of rotatable bonds is 24. The maximum absolute atomic E-state index is 12.0. The zero-order valence-electron chi connectivity index (χ0n) is 21.9. The molecule has 0 spiro atoms. The minimum atomic E-state index is -0.852. The summed E-state index contributed by atoms with van der Waals surface area (Å²) in [4.78, 5) is 12.0. The van der Waals surface area contributed by atoms with Crippen LogP contribution in [0.2, 0.25) is 0 Å². The third-order valence-corrected chi connectivity index (χ3v) is 6.19. The van der Waals surface area contributed by atoms with Gasteiger partial charge in [0.2, 0.25) is 5.91 Å². The van der Waals surface area contributed by atoms with Gasteiger partial charge in [0.05, 0.1) is 18.8 Å². The molecule has 4 heteroatoms. The minimum absolute atomic E-state index is 0.0899. The first-order valence-electron chi connectivity index (χ1n) is 14.1. The number of hydrogen-bond donors (Lipinski definition) is 3. The molecule has 1 amide bonds. The van der Waals surface area contributed by atoms with Gasteiger partial charge in [-0.3, -0.25) is 4.79 Å². The maximum Gasteiger partial charge on any atom is 0.220 e. The van der Waals surface area contributed by atoms with E-state index < -0.39 is 12.1 Å². The smallest absolute Gasteiger partial charge is 0.220 e. The highest BCUT2D eigenvalue weighted by Gasteiger charge is 2.17. The van der Waals surface area contributed by atoms with Crippen molar-refractivity contribution in [2.75, 3.05) is 6.61 Å². The van der Waals surface area contributed by atoms with E-state index in [-0.39, 0.29) is 12.5 Å². The van der Waals surface area contributed by atoms with Crippen LogP contribution in [0.4, 0.5) is 0 Å². The number of allylic oxidation sites excluding steroid dienone is 3. The summed E-state index contributed by atoms with van der Waals surface area (Å²) in [5.74, 6) is -0.0899. The Labute approximate surface area is 205 Å². The predicted molar refractivity (Wildman–Crippen MR) is 142 cm³/mol. The Bertz CT molecular complexity index is 475. The van der Waals surface area contributed by atoms with Crippen LogP contribution >= 0.6 is 0 Å². The van der Waals surface area contributed by atoms with Gasteiger partial charge >= 0.3 is 0 Å². The van der Waals surface area contributed by atoms with E-state index in [1.807, 2.05) is 6.08 Å². The molecule has 0 heterocycles. The van der Waals surface area contributed by atoms with Gasteiger partial charge in [-0.15, -0.1) is 0 Å². The molecule has 0 fully saturated rings. The molecule has 0 aromatic rings. The molecule has 194 valence electrons. The molecule has 0 aliphatic carbocycles. The van der Waals surface area contributed by atoms with Gasteiger partial charge in [0.15, 0.2) is 0 Å². The highest BCUT2D eigenvalue weighted by molar-refractivity contribution is 5.76. The first-order chi connectivity index (χ1) is 16.2. The lowest BCUT2D eigenvalue weighted by Crippen LogP contribution is -2.45. The van der Waals surface area contributed by atoms with Crippen molar-refractivity contribution in [1.82, 2.24) is 5.32 Å². The molecule has 3 N–H and O–H groups in total. The van der Waals surface area contributed by atoms with Gasteiger partial charge in [-0.25, -0.2) is 0 Å². The molecule has 0 radical (unpaired) electrons. The number of nitrogens with one attached hydrogen (secondary N) is 1. The average molecular weight is 466 g/mol. The lowest BCUT2D eigenvalue weighted by atomic mass is 10.1. The van der Waals surface area contributed by atoms with Gasteiger partial charge in [-0.2, -0.15) is 0 Å². The Morgan fingerprint density at radius 1 is 0.697 bits per heavy atom. The molecule has 33 heavy (non-hydrogen) atoms. The maximum atomic E-state index is 12.0. The fraction of sp³-hybridized carbons (Fsp3) is 0.828. The van der Waals surface area contributed by atoms with Crippen LogP contribution in [-0.4, -0.2) is 34.9 Å². The summed E-state index contributed by atoms with van der Waals surface area (Å²) >= 11 is 0. The number of amides is 1. The summed E-state index contributed by atoms with van der Waals surface area (Å²) in [6.45, 7) is 4.18. The van der Waals surface area contributed by atoms with Crippen LogP contribution < -0.4 is 5.32 Å². The van der Waals surface area contributed by atoms with Gasteiger partial charge in [0.1, 0.15) is 0 Å². The van der Waals surface area contributed by atoms with Crippen LogP contribution in [0.3, 0.4) is 0 Å². The largest absolute Gasteiger partial charge is 0.394 e. The van der Waals surface area contributed by atoms with Gasteiger partial charge in [-0.05, 0) is 32.1 Å². The van der Waals surface area contributed by atoms with Crippen LogP contribution in [-0.2, 0) is 4.79 Å². The van der Waals surface area contributed by atoms with Crippen LogP contribution in [0.25, 0.3) is 0 Å². The fourth-order valence-corrected chi connectivity index (χ4v) is 3.95. The van der Waals surface area contributed by atoms with Crippen LogP contribution in [0.1, 0.15) is 136 Å². The fourth-order valence-electron chi connectivity index (χ4n) is 3.95. The van der Waals surface area contributed by atoms with Gasteiger partial charge in [0.25, 0.3) is 0 Å². The average Bonchev–Trinajstić information content (AvgIpc) is 2.82. The Hall–Kier alpha value is -1.13. The van der Waals surface area contributed by atoms with E-state index in [9.17, 15) is 15.0 Å². The van der Waals surface area contributed by atoms with E-state index >= 15 is 0 Å². The summed E-state index contributed by atoms with van der Waals surface area (Å²) in [6.07, 6.45) is 29.9. The first-order valence-corrected chi connectivity index (χ1v) is 14.1. The predicted octanol–water partition coefficient (Wildman–Crippen LogP) is 7.39. The van der Waals surface area contributed by atoms with E-state index in [1.54, 1.807) is 6.08 Å². The molecular weight excluding hydrogens is 410 g/mol. The molecular formula is C29H55NO3. The summed E-state index contributed by atoms with van der Waals surface area (Å²) in [5, 5.41) is 22.5. The Kier molecular flexibility index (Phi) is 24.6. The van der Waals surface area contributed by atoms with Crippen LogP contribution in [0.5, 0.6) is 0 Å². The quantitative estimate of drug-likeness (QED) is 0.103. The number of hydrogen-bond acceptors (Lipinski definition) is 3. The molecule has 0 saturated heterocycles. The van der Waals surface area contributed by atoms with E-state index in [0.717, 1.165) is 38.5 Å². The molecule has 0 bridgehead atoms. The summed E-state index contributed by atoms with van der Waals surface area (Å²) in [7, 11) is 0. The van der Waals surface area contributed by atoms with Crippen molar-refractivity contribution in [3.05, 3.63) is 24.3 Å². The zero-order valence-corrected chi connectivity index (χ0v) is 21.9. The second-order valence-corrected chi connectivity index (χ2v) is 9.46. The third kappa shape index (κ3) is 22.4. The number of aliphatic hydroxyl groups is 2. The summed E-state index contributed by atoms with van der Waals surface area (Å²) in [5.41, 5.74) is 0. The van der Waals surface area contributed by atoms with Gasteiger partial charge in [-0.1, -0.05) is 122 Å². The Balaban J connectivity index is 3.70. The Morgan fingerprint density at radius 3 is 1.76 bits per heavy atom. The minimum Gasteiger partial charge on any atom is -0.394 e. The number of carbonyl (C=O) groups excluding carboxylic acids is 1. The number of unbranched alkanes of at least 4 members (excludes halogenated alkanes) is 15. The summed E-state index contributed by atoms with van der Waals surface area (Å²) in [6, 6.07) is -0.628. The van der Waals surface area contributed by atoms with E-state index in [2.05, 4.69) is 31.3 Å². The van der Waals surface area contributed by atoms with Crippen LogP contribution in [0.15, 0.2) is 24.3 Å². The summed E-state index contributed by atoms with van der Waals surface area (Å²) < 4.78 is 0. The SMILES string of the molecule is CCCCCCCCCCCC/C=C/CC/C=C/C(O)C(CO)NC(=O)CCCCCCC. The zero-order chi connectivity index (χ0) is 24.4. The number of carbonyl (C=O) groups is 1. The highest BCUT2D eigenvalue weighted by atomic mass is 16.3. The van der Waals surface area contributed by atoms with Crippen molar-refractivity contribution in [3.63, 3.8) is 0 Å². The number of aliphatic hydroxyl groups excluding tert-OH is 2. The molecule has 2 unspecified atom stereocenters. The van der Waals surface area contributed by atoms with E-state index in [1.165, 1.54) is 77.0 Å². The molecule has 0 rings (SSSR count). The van der Waals surface area contributed by atoms with Crippen molar-refractivity contribution in [3.8, 4) is 0 Å². The van der Waals surface area contributed by atoms with E-state index in [4.69, 9.17) is 0 Å². The monoisotopic (exact) mass is 465 g/mol. The van der Waals surface area contributed by atoms with E-state index in [0.29, 0.717) is 6.42 Å². The van der Waals surface area contributed by atoms with Crippen molar-refractivity contribution in [1.29, 1.82) is 0 Å². The second-order valence-electron chi connectivity index (χ2n) is 9.46. The van der Waals surface area contributed by atoms with Gasteiger partial charge < -0.3 is 15.5 Å². The second kappa shape index (κ2) is 25.5. The molecule has 0 aromatic heterocycles. The lowest BCUT2D eigenvalue weighted by molar-refractivity contribution is -0.123. The molecule has 2 atom stereocenters.